The molecule has 0 spiro atoms. The monoisotopic (exact) mass is 493 g/mol. The Balaban J connectivity index is 2.35. The Morgan fingerprint density at radius 2 is 1.32 bits per heavy atom. The molecular weight excluding hydrogens is 487 g/mol. The second kappa shape index (κ2) is 8.66. The quantitative estimate of drug-likeness (QED) is 0.272. The number of rotatable bonds is 3. The van der Waals surface area contributed by atoms with Crippen molar-refractivity contribution in [1.29, 1.82) is 0 Å². The fourth-order valence-corrected chi connectivity index (χ4v) is 3.82. The number of methoxy groups -OCH3 is 1. The maximum atomic E-state index is 12.0. The van der Waals surface area contributed by atoms with Crippen LogP contribution in [0.2, 0.25) is 30.1 Å². The molecule has 3 aromatic rings. The first kappa shape index (κ1) is 21.5. The number of carbonyl (C=O) groups excluding carboxylic acids is 1. The molecule has 3 rings (SSSR count). The standard InChI is InChI=1S/C19H9Cl6NO2/c1-28-19(27)8-6-11(9-2-4-12(20)16(24)14(9)22)18(26-7-8)10-3-5-13(21)17(25)15(10)23/h2-7H,1H3. The number of benzene rings is 2. The molecule has 0 atom stereocenters. The van der Waals surface area contributed by atoms with Gasteiger partial charge >= 0.3 is 5.97 Å². The van der Waals surface area contributed by atoms with Crippen LogP contribution in [0.4, 0.5) is 0 Å². The zero-order chi connectivity index (χ0) is 20.6. The van der Waals surface area contributed by atoms with E-state index in [2.05, 4.69) is 4.98 Å². The molecule has 0 unspecified atom stereocenters. The Labute approximate surface area is 191 Å². The van der Waals surface area contributed by atoms with E-state index in [4.69, 9.17) is 74.3 Å². The van der Waals surface area contributed by atoms with Crippen LogP contribution in [-0.4, -0.2) is 18.1 Å². The first-order valence-electron chi connectivity index (χ1n) is 7.62. The zero-order valence-electron chi connectivity index (χ0n) is 14.0. The molecule has 0 amide bonds. The summed E-state index contributed by atoms with van der Waals surface area (Å²) in [7, 11) is 1.28. The van der Waals surface area contributed by atoms with E-state index in [1.165, 1.54) is 13.3 Å². The molecular formula is C19H9Cl6NO2. The molecule has 0 saturated carbocycles. The minimum atomic E-state index is -0.559. The molecule has 0 bridgehead atoms. The van der Waals surface area contributed by atoms with Crippen LogP contribution in [0.25, 0.3) is 22.4 Å². The average molecular weight is 496 g/mol. The summed E-state index contributed by atoms with van der Waals surface area (Å²) in [4.78, 5) is 16.4. The third kappa shape index (κ3) is 3.93. The largest absolute Gasteiger partial charge is 0.465 e. The van der Waals surface area contributed by atoms with Crippen molar-refractivity contribution in [2.24, 2.45) is 0 Å². The van der Waals surface area contributed by atoms with E-state index in [9.17, 15) is 4.79 Å². The van der Waals surface area contributed by atoms with Crippen LogP contribution in [0.1, 0.15) is 10.4 Å². The van der Waals surface area contributed by atoms with E-state index in [0.717, 1.165) is 0 Å². The minimum Gasteiger partial charge on any atom is -0.465 e. The normalized spacial score (nSPS) is 10.8. The third-order valence-electron chi connectivity index (χ3n) is 3.92. The molecule has 1 aromatic heterocycles. The van der Waals surface area contributed by atoms with Gasteiger partial charge in [-0.15, -0.1) is 0 Å². The number of halogens is 6. The zero-order valence-corrected chi connectivity index (χ0v) is 18.5. The van der Waals surface area contributed by atoms with Gasteiger partial charge in [0.25, 0.3) is 0 Å². The van der Waals surface area contributed by atoms with Crippen molar-refractivity contribution < 1.29 is 9.53 Å². The first-order valence-corrected chi connectivity index (χ1v) is 9.89. The van der Waals surface area contributed by atoms with Gasteiger partial charge in [0.05, 0.1) is 48.5 Å². The fourth-order valence-electron chi connectivity index (χ4n) is 2.56. The molecule has 0 fully saturated rings. The Kier molecular flexibility index (Phi) is 6.65. The molecule has 0 aliphatic heterocycles. The summed E-state index contributed by atoms with van der Waals surface area (Å²) < 4.78 is 4.78. The lowest BCUT2D eigenvalue weighted by Gasteiger charge is -2.15. The molecule has 144 valence electrons. The maximum absolute atomic E-state index is 12.0. The van der Waals surface area contributed by atoms with Crippen LogP contribution in [0, 0.1) is 0 Å². The summed E-state index contributed by atoms with van der Waals surface area (Å²) in [5.41, 5.74) is 2.15. The first-order chi connectivity index (χ1) is 13.3. The van der Waals surface area contributed by atoms with Crippen molar-refractivity contribution in [1.82, 2.24) is 4.98 Å². The number of hydrogen-bond acceptors (Lipinski definition) is 3. The van der Waals surface area contributed by atoms with Crippen LogP contribution in [0.15, 0.2) is 36.5 Å². The van der Waals surface area contributed by atoms with Gasteiger partial charge in [0.15, 0.2) is 0 Å². The van der Waals surface area contributed by atoms with Crippen molar-refractivity contribution >= 4 is 75.6 Å². The summed E-state index contributed by atoms with van der Waals surface area (Å²) >= 11 is 37.3. The minimum absolute atomic E-state index is 0.176. The predicted octanol–water partition coefficient (Wildman–Crippen LogP) is 8.12. The van der Waals surface area contributed by atoms with E-state index >= 15 is 0 Å². The van der Waals surface area contributed by atoms with Crippen LogP contribution < -0.4 is 0 Å². The molecule has 28 heavy (non-hydrogen) atoms. The lowest BCUT2D eigenvalue weighted by molar-refractivity contribution is 0.0600. The van der Waals surface area contributed by atoms with E-state index in [0.29, 0.717) is 32.4 Å². The summed E-state index contributed by atoms with van der Waals surface area (Å²) in [6, 6.07) is 8.12. The van der Waals surface area contributed by atoms with Crippen LogP contribution in [-0.2, 0) is 4.74 Å². The van der Waals surface area contributed by atoms with E-state index < -0.39 is 5.97 Å². The van der Waals surface area contributed by atoms with Gasteiger partial charge in [-0.05, 0) is 24.3 Å². The molecule has 0 aliphatic rings. The number of hydrogen-bond donors (Lipinski definition) is 0. The van der Waals surface area contributed by atoms with E-state index in [-0.39, 0.29) is 25.7 Å². The summed E-state index contributed by atoms with van der Waals surface area (Å²) in [6.45, 7) is 0. The van der Waals surface area contributed by atoms with Crippen molar-refractivity contribution in [3.63, 3.8) is 0 Å². The molecule has 0 saturated heterocycles. The Morgan fingerprint density at radius 1 is 0.786 bits per heavy atom. The van der Waals surface area contributed by atoms with Gasteiger partial charge in [0.1, 0.15) is 0 Å². The highest BCUT2D eigenvalue weighted by atomic mass is 35.5. The van der Waals surface area contributed by atoms with Gasteiger partial charge in [-0.25, -0.2) is 4.79 Å². The van der Waals surface area contributed by atoms with Gasteiger partial charge in [0.2, 0.25) is 0 Å². The van der Waals surface area contributed by atoms with Gasteiger partial charge in [0, 0.05) is 22.9 Å². The summed E-state index contributed by atoms with van der Waals surface area (Å²) in [6.07, 6.45) is 1.37. The molecule has 9 heteroatoms. The topological polar surface area (TPSA) is 39.2 Å². The average Bonchev–Trinajstić information content (AvgIpc) is 2.70. The molecule has 3 nitrogen and oxygen atoms in total. The number of aromatic nitrogens is 1. The molecule has 0 radical (unpaired) electrons. The van der Waals surface area contributed by atoms with Crippen molar-refractivity contribution in [3.8, 4) is 22.4 Å². The molecule has 0 N–H and O–H groups in total. The lowest BCUT2D eigenvalue weighted by Crippen LogP contribution is -2.03. The number of pyridine rings is 1. The van der Waals surface area contributed by atoms with Crippen LogP contribution >= 0.6 is 69.6 Å². The van der Waals surface area contributed by atoms with Gasteiger partial charge < -0.3 is 4.74 Å². The SMILES string of the molecule is COC(=O)c1cnc(-c2ccc(Cl)c(Cl)c2Cl)c(-c2ccc(Cl)c(Cl)c2Cl)c1. The predicted molar refractivity (Wildman–Crippen MR) is 117 cm³/mol. The number of carbonyl (C=O) groups is 1. The van der Waals surface area contributed by atoms with Gasteiger partial charge in [-0.3, -0.25) is 4.98 Å². The van der Waals surface area contributed by atoms with Crippen molar-refractivity contribution in [2.75, 3.05) is 7.11 Å². The molecule has 2 aromatic carbocycles. The Bertz CT molecular complexity index is 1100. The lowest BCUT2D eigenvalue weighted by atomic mass is 9.97. The Morgan fingerprint density at radius 3 is 1.89 bits per heavy atom. The number of esters is 1. The van der Waals surface area contributed by atoms with Crippen LogP contribution in [0.5, 0.6) is 0 Å². The van der Waals surface area contributed by atoms with E-state index in [1.54, 1.807) is 30.3 Å². The highest BCUT2D eigenvalue weighted by Gasteiger charge is 2.21. The van der Waals surface area contributed by atoms with Crippen molar-refractivity contribution in [2.45, 2.75) is 0 Å². The van der Waals surface area contributed by atoms with E-state index in [1.807, 2.05) is 0 Å². The summed E-state index contributed by atoms with van der Waals surface area (Å²) in [5, 5.41) is 1.37. The molecule has 1 heterocycles. The summed E-state index contributed by atoms with van der Waals surface area (Å²) in [5.74, 6) is -0.559. The highest BCUT2D eigenvalue weighted by Crippen LogP contribution is 2.44. The number of nitrogens with zero attached hydrogens (tertiary/aromatic N) is 1. The second-order valence-corrected chi connectivity index (χ2v) is 7.88. The van der Waals surface area contributed by atoms with Gasteiger partial charge in [-0.1, -0.05) is 75.7 Å². The number of ether oxygens (including phenoxy) is 1. The smallest absolute Gasteiger partial charge is 0.339 e. The van der Waals surface area contributed by atoms with Crippen molar-refractivity contribution in [3.05, 3.63) is 72.2 Å². The third-order valence-corrected chi connectivity index (χ3v) is 6.51. The Hall–Kier alpha value is -1.20. The second-order valence-electron chi connectivity index (χ2n) is 5.56. The fraction of sp³-hybridized carbons (Fsp3) is 0.0526. The maximum Gasteiger partial charge on any atom is 0.339 e. The highest BCUT2D eigenvalue weighted by molar-refractivity contribution is 6.50. The van der Waals surface area contributed by atoms with Gasteiger partial charge in [-0.2, -0.15) is 0 Å². The van der Waals surface area contributed by atoms with Crippen LogP contribution in [0.3, 0.4) is 0 Å². The molecule has 0 aliphatic carbocycles.